The van der Waals surface area contributed by atoms with Crippen LogP contribution in [0.1, 0.15) is 39.4 Å². The van der Waals surface area contributed by atoms with Crippen molar-refractivity contribution in [3.63, 3.8) is 0 Å². The molecule has 1 unspecified atom stereocenters. The van der Waals surface area contributed by atoms with Crippen molar-refractivity contribution in [1.29, 1.82) is 0 Å². The third kappa shape index (κ3) is 3.26. The molecule has 0 radical (unpaired) electrons. The lowest BCUT2D eigenvalue weighted by atomic mass is 9.96. The summed E-state index contributed by atoms with van der Waals surface area (Å²) < 4.78 is 1.87. The molecule has 1 amide bonds. The molecule has 2 aromatic heterocycles. The summed E-state index contributed by atoms with van der Waals surface area (Å²) in [5.41, 5.74) is 0.680. The molecule has 146 valence electrons. The highest BCUT2D eigenvalue weighted by atomic mass is 16.2. The predicted octanol–water partition coefficient (Wildman–Crippen LogP) is 1.16. The number of carbonyl (C=O) groups excluding carboxylic acids is 1. The van der Waals surface area contributed by atoms with Crippen molar-refractivity contribution in [2.45, 2.75) is 51.1 Å². The van der Waals surface area contributed by atoms with Crippen LogP contribution in [0.2, 0.25) is 0 Å². The maximum atomic E-state index is 11.7. The molecule has 0 saturated carbocycles. The Balaban J connectivity index is 1.41. The number of likely N-dealkylation sites (tertiary alicyclic amines) is 1. The molecule has 8 nitrogen and oxygen atoms in total. The first kappa shape index (κ1) is 18.2. The van der Waals surface area contributed by atoms with Gasteiger partial charge in [-0.3, -0.25) is 9.69 Å². The van der Waals surface area contributed by atoms with Crippen LogP contribution in [0.4, 0.5) is 5.82 Å². The van der Waals surface area contributed by atoms with Crippen molar-refractivity contribution in [3.8, 4) is 0 Å². The Morgan fingerprint density at radius 1 is 1.22 bits per heavy atom. The molecule has 1 atom stereocenters. The largest absolute Gasteiger partial charge is 0.352 e. The van der Waals surface area contributed by atoms with E-state index in [9.17, 15) is 4.79 Å². The van der Waals surface area contributed by atoms with Crippen LogP contribution in [0, 0.1) is 0 Å². The van der Waals surface area contributed by atoms with Crippen molar-refractivity contribution in [2.75, 3.05) is 38.6 Å². The van der Waals surface area contributed by atoms with Gasteiger partial charge in [0.25, 0.3) is 0 Å². The molecular formula is C19H29N7O. The molecule has 2 fully saturated rings. The van der Waals surface area contributed by atoms with E-state index in [0.29, 0.717) is 18.5 Å². The Bertz CT molecular complexity index is 849. The minimum atomic E-state index is -0.104. The van der Waals surface area contributed by atoms with E-state index >= 15 is 0 Å². The molecule has 2 aromatic rings. The summed E-state index contributed by atoms with van der Waals surface area (Å²) in [6.45, 7) is 9.21. The quantitative estimate of drug-likeness (QED) is 0.803. The molecule has 0 spiro atoms. The van der Waals surface area contributed by atoms with Crippen LogP contribution < -0.4 is 4.90 Å². The van der Waals surface area contributed by atoms with E-state index in [1.54, 1.807) is 0 Å². The van der Waals surface area contributed by atoms with Gasteiger partial charge in [-0.15, -0.1) is 15.3 Å². The van der Waals surface area contributed by atoms with Gasteiger partial charge in [0.15, 0.2) is 11.5 Å². The van der Waals surface area contributed by atoms with E-state index < -0.39 is 0 Å². The summed E-state index contributed by atoms with van der Waals surface area (Å²) in [5, 5.41) is 13.3. The normalized spacial score (nSPS) is 21.6. The zero-order valence-electron chi connectivity index (χ0n) is 16.9. The summed E-state index contributed by atoms with van der Waals surface area (Å²) in [6.07, 6.45) is 1.66. The van der Waals surface area contributed by atoms with Crippen molar-refractivity contribution in [3.05, 3.63) is 18.0 Å². The Hall–Kier alpha value is -2.22. The van der Waals surface area contributed by atoms with Crippen LogP contribution in [0.15, 0.2) is 12.1 Å². The number of nitrogens with zero attached hydrogens (tertiary/aromatic N) is 7. The lowest BCUT2D eigenvalue weighted by Gasteiger charge is -2.45. The number of amides is 1. The number of hydrogen-bond donors (Lipinski definition) is 0. The zero-order chi connectivity index (χ0) is 19.3. The SMILES string of the molecule is CN(CC1CCC(=O)N1C)C1CN(c2ccc3nnc(C(C)(C)C)n3n2)C1. The maximum absolute atomic E-state index is 11.7. The van der Waals surface area contributed by atoms with E-state index in [1.165, 1.54) is 0 Å². The molecule has 8 heteroatoms. The van der Waals surface area contributed by atoms with E-state index in [1.807, 2.05) is 28.6 Å². The van der Waals surface area contributed by atoms with Crippen LogP contribution in [0.25, 0.3) is 5.65 Å². The average Bonchev–Trinajstić information content (AvgIpc) is 3.11. The average molecular weight is 371 g/mol. The number of likely N-dealkylation sites (N-methyl/N-ethyl adjacent to an activating group) is 2. The van der Waals surface area contributed by atoms with Gasteiger partial charge in [0.05, 0.1) is 0 Å². The molecule has 0 aromatic carbocycles. The van der Waals surface area contributed by atoms with E-state index in [-0.39, 0.29) is 11.3 Å². The number of fused-ring (bicyclic) bond motifs is 1. The summed E-state index contributed by atoms with van der Waals surface area (Å²) in [7, 11) is 4.08. The fraction of sp³-hybridized carbons (Fsp3) is 0.684. The summed E-state index contributed by atoms with van der Waals surface area (Å²) >= 11 is 0. The van der Waals surface area contributed by atoms with Crippen molar-refractivity contribution < 1.29 is 4.79 Å². The zero-order valence-corrected chi connectivity index (χ0v) is 16.9. The van der Waals surface area contributed by atoms with Gasteiger partial charge in [0.1, 0.15) is 5.82 Å². The second-order valence-corrected chi connectivity index (χ2v) is 8.93. The molecule has 0 aliphatic carbocycles. The molecule has 27 heavy (non-hydrogen) atoms. The Kier molecular flexibility index (Phi) is 4.33. The van der Waals surface area contributed by atoms with Gasteiger partial charge in [0, 0.05) is 50.6 Å². The van der Waals surface area contributed by atoms with Crippen LogP contribution in [-0.4, -0.2) is 81.3 Å². The van der Waals surface area contributed by atoms with Crippen molar-refractivity contribution in [1.82, 2.24) is 29.6 Å². The predicted molar refractivity (Wildman–Crippen MR) is 104 cm³/mol. The van der Waals surface area contributed by atoms with Crippen molar-refractivity contribution >= 4 is 17.4 Å². The second-order valence-electron chi connectivity index (χ2n) is 8.93. The molecule has 4 heterocycles. The number of hydrogen-bond acceptors (Lipinski definition) is 6. The van der Waals surface area contributed by atoms with E-state index in [0.717, 1.165) is 43.3 Å². The highest BCUT2D eigenvalue weighted by Gasteiger charge is 2.35. The molecule has 4 rings (SSSR count). The molecular weight excluding hydrogens is 342 g/mol. The molecule has 2 aliphatic rings. The van der Waals surface area contributed by atoms with Gasteiger partial charge in [-0.25, -0.2) is 0 Å². The highest BCUT2D eigenvalue weighted by Crippen LogP contribution is 2.25. The fourth-order valence-corrected chi connectivity index (χ4v) is 3.90. The lowest BCUT2D eigenvalue weighted by Crippen LogP contribution is -2.60. The summed E-state index contributed by atoms with van der Waals surface area (Å²) in [5.74, 6) is 2.11. The van der Waals surface area contributed by atoms with Crippen LogP contribution in [0.3, 0.4) is 0 Å². The van der Waals surface area contributed by atoms with Crippen LogP contribution in [-0.2, 0) is 10.2 Å². The first-order valence-electron chi connectivity index (χ1n) is 9.68. The first-order chi connectivity index (χ1) is 12.7. The topological polar surface area (TPSA) is 69.9 Å². The third-order valence-corrected chi connectivity index (χ3v) is 5.86. The number of rotatable bonds is 4. The third-order valence-electron chi connectivity index (χ3n) is 5.86. The Labute approximate surface area is 160 Å². The van der Waals surface area contributed by atoms with Crippen LogP contribution in [0.5, 0.6) is 0 Å². The molecule has 2 aliphatic heterocycles. The number of anilines is 1. The fourth-order valence-electron chi connectivity index (χ4n) is 3.90. The van der Waals surface area contributed by atoms with E-state index in [4.69, 9.17) is 5.10 Å². The van der Waals surface area contributed by atoms with Crippen molar-refractivity contribution in [2.24, 2.45) is 0 Å². The summed E-state index contributed by atoms with van der Waals surface area (Å²) in [4.78, 5) is 18.3. The van der Waals surface area contributed by atoms with E-state index in [2.05, 4.69) is 47.8 Å². The van der Waals surface area contributed by atoms with Gasteiger partial charge in [0.2, 0.25) is 5.91 Å². The van der Waals surface area contributed by atoms with Gasteiger partial charge in [-0.05, 0) is 25.6 Å². The van der Waals surface area contributed by atoms with Gasteiger partial charge < -0.3 is 9.80 Å². The maximum Gasteiger partial charge on any atom is 0.222 e. The first-order valence-corrected chi connectivity index (χ1v) is 9.68. The van der Waals surface area contributed by atoms with Gasteiger partial charge in [-0.2, -0.15) is 4.52 Å². The molecule has 2 saturated heterocycles. The standard InChI is InChI=1S/C19H29N7O/c1-19(2,3)18-21-20-15-7-8-16(22-26(15)18)25-11-14(12-25)23(4)10-13-6-9-17(27)24(13)5/h7-8,13-14H,6,9-12H2,1-5H3. The highest BCUT2D eigenvalue weighted by molar-refractivity contribution is 5.78. The minimum Gasteiger partial charge on any atom is -0.352 e. The van der Waals surface area contributed by atoms with Gasteiger partial charge >= 0.3 is 0 Å². The lowest BCUT2D eigenvalue weighted by molar-refractivity contribution is -0.127. The number of aromatic nitrogens is 4. The molecule has 0 bridgehead atoms. The number of carbonyl (C=O) groups is 1. The Morgan fingerprint density at radius 3 is 2.59 bits per heavy atom. The smallest absolute Gasteiger partial charge is 0.222 e. The second kappa shape index (κ2) is 6.44. The molecule has 0 N–H and O–H groups in total. The minimum absolute atomic E-state index is 0.104. The van der Waals surface area contributed by atoms with Crippen LogP contribution >= 0.6 is 0 Å². The Morgan fingerprint density at radius 2 is 1.96 bits per heavy atom. The summed E-state index contributed by atoms with van der Waals surface area (Å²) in [6, 6.07) is 4.85. The monoisotopic (exact) mass is 371 g/mol. The van der Waals surface area contributed by atoms with Gasteiger partial charge in [-0.1, -0.05) is 20.8 Å².